The molecule has 1 fully saturated rings. The Kier molecular flexibility index (Phi) is 6.72. The van der Waals surface area contributed by atoms with Crippen LogP contribution in [0.5, 0.6) is 0 Å². The van der Waals surface area contributed by atoms with E-state index in [1.165, 1.54) is 6.07 Å². The lowest BCUT2D eigenvalue weighted by molar-refractivity contribution is 0.0901. The first-order chi connectivity index (χ1) is 15.8. The molecule has 0 spiro atoms. The third-order valence-electron chi connectivity index (χ3n) is 5.65. The number of hydrogen-bond donors (Lipinski definition) is 0. The van der Waals surface area contributed by atoms with Gasteiger partial charge >= 0.3 is 6.09 Å². The number of benzene rings is 2. The molecule has 3 aromatic rings. The number of ether oxygens (including phenoxy) is 1. The van der Waals surface area contributed by atoms with Crippen molar-refractivity contribution in [3.05, 3.63) is 53.6 Å². The molecule has 0 atom stereocenters. The fourth-order valence-electron chi connectivity index (χ4n) is 3.91. The lowest BCUT2D eigenvalue weighted by Gasteiger charge is -2.35. The molecule has 2 aromatic carbocycles. The molecule has 1 amide bonds. The first-order valence-corrected chi connectivity index (χ1v) is 11.2. The van der Waals surface area contributed by atoms with Crippen molar-refractivity contribution in [2.45, 2.75) is 27.2 Å². The van der Waals surface area contributed by atoms with E-state index in [9.17, 15) is 13.6 Å². The van der Waals surface area contributed by atoms with E-state index in [1.54, 1.807) is 23.1 Å². The normalized spacial score (nSPS) is 14.4. The molecule has 1 aliphatic heterocycles. The van der Waals surface area contributed by atoms with Crippen molar-refractivity contribution in [2.24, 2.45) is 5.92 Å². The summed E-state index contributed by atoms with van der Waals surface area (Å²) in [6.45, 7) is 8.47. The molecule has 0 radical (unpaired) electrons. The standard InChI is InChI=1S/C25H28F2N4O2/c1-16(2)15-33-25(32)31-12-10-30(11-13-31)24-20-9-8-17(3)14-21(20)28-23(29-24)19-7-5-4-6-18(19)22(26)27/h4-9,14,16,22H,10-13,15H2,1-3H3. The number of carbonyl (C=O) groups is 1. The molecule has 0 aliphatic carbocycles. The number of amides is 1. The van der Waals surface area contributed by atoms with Crippen molar-refractivity contribution < 1.29 is 18.3 Å². The van der Waals surface area contributed by atoms with Crippen LogP contribution in [0, 0.1) is 12.8 Å². The van der Waals surface area contributed by atoms with E-state index < -0.39 is 6.43 Å². The number of rotatable bonds is 5. The van der Waals surface area contributed by atoms with Crippen LogP contribution in [0.4, 0.5) is 19.4 Å². The van der Waals surface area contributed by atoms with Crippen LogP contribution in [-0.2, 0) is 4.74 Å². The second kappa shape index (κ2) is 9.68. The number of nitrogens with zero attached hydrogens (tertiary/aromatic N) is 4. The molecule has 8 heteroatoms. The Bertz CT molecular complexity index is 1140. The predicted molar refractivity (Wildman–Crippen MR) is 125 cm³/mol. The van der Waals surface area contributed by atoms with Crippen LogP contribution in [0.2, 0.25) is 0 Å². The predicted octanol–water partition coefficient (Wildman–Crippen LogP) is 5.46. The third kappa shape index (κ3) is 5.05. The average molecular weight is 455 g/mol. The summed E-state index contributed by atoms with van der Waals surface area (Å²) in [4.78, 5) is 25.5. The maximum Gasteiger partial charge on any atom is 0.409 e. The highest BCUT2D eigenvalue weighted by atomic mass is 19.3. The SMILES string of the molecule is Cc1ccc2c(N3CCN(C(=O)OCC(C)C)CC3)nc(-c3ccccc3C(F)F)nc2c1. The Morgan fingerprint density at radius 2 is 1.79 bits per heavy atom. The molecule has 4 rings (SSSR count). The van der Waals surface area contributed by atoms with Gasteiger partial charge in [0, 0.05) is 42.7 Å². The molecule has 0 saturated carbocycles. The second-order valence-electron chi connectivity index (χ2n) is 8.72. The second-order valence-corrected chi connectivity index (χ2v) is 8.72. The quantitative estimate of drug-likeness (QED) is 0.513. The van der Waals surface area contributed by atoms with Gasteiger partial charge in [-0.25, -0.2) is 23.5 Å². The number of alkyl halides is 2. The lowest BCUT2D eigenvalue weighted by Crippen LogP contribution is -2.49. The number of aryl methyl sites for hydroxylation is 1. The monoisotopic (exact) mass is 454 g/mol. The molecule has 0 N–H and O–H groups in total. The maximum absolute atomic E-state index is 13.7. The minimum absolute atomic E-state index is 0.0897. The molecule has 33 heavy (non-hydrogen) atoms. The zero-order chi connectivity index (χ0) is 23.5. The molecular weight excluding hydrogens is 426 g/mol. The van der Waals surface area contributed by atoms with Crippen molar-refractivity contribution in [2.75, 3.05) is 37.7 Å². The molecule has 1 aromatic heterocycles. The number of halogens is 2. The number of fused-ring (bicyclic) bond motifs is 1. The molecule has 6 nitrogen and oxygen atoms in total. The van der Waals surface area contributed by atoms with Crippen LogP contribution < -0.4 is 4.90 Å². The summed E-state index contributed by atoms with van der Waals surface area (Å²) in [6, 6.07) is 12.2. The van der Waals surface area contributed by atoms with Gasteiger partial charge in [-0.05, 0) is 30.5 Å². The Hall–Kier alpha value is -3.29. The molecule has 0 bridgehead atoms. The Labute approximate surface area is 192 Å². The number of anilines is 1. The number of hydrogen-bond acceptors (Lipinski definition) is 5. The van der Waals surface area contributed by atoms with E-state index in [-0.39, 0.29) is 23.4 Å². The largest absolute Gasteiger partial charge is 0.449 e. The van der Waals surface area contributed by atoms with E-state index >= 15 is 0 Å². The highest BCUT2D eigenvalue weighted by Crippen LogP contribution is 2.33. The van der Waals surface area contributed by atoms with Crippen molar-refractivity contribution in [3.63, 3.8) is 0 Å². The Balaban J connectivity index is 1.66. The van der Waals surface area contributed by atoms with Gasteiger partial charge in [0.05, 0.1) is 12.1 Å². The van der Waals surface area contributed by atoms with Crippen molar-refractivity contribution in [1.29, 1.82) is 0 Å². The van der Waals surface area contributed by atoms with Crippen LogP contribution in [-0.4, -0.2) is 53.7 Å². The van der Waals surface area contributed by atoms with Gasteiger partial charge in [0.2, 0.25) is 0 Å². The van der Waals surface area contributed by atoms with Gasteiger partial charge in [-0.1, -0.05) is 44.2 Å². The Morgan fingerprint density at radius 1 is 1.06 bits per heavy atom. The van der Waals surface area contributed by atoms with Crippen LogP contribution in [0.15, 0.2) is 42.5 Å². The third-order valence-corrected chi connectivity index (χ3v) is 5.65. The van der Waals surface area contributed by atoms with Crippen LogP contribution in [0.25, 0.3) is 22.3 Å². The van der Waals surface area contributed by atoms with Gasteiger partial charge < -0.3 is 14.5 Å². The smallest absolute Gasteiger partial charge is 0.409 e. The van der Waals surface area contributed by atoms with Crippen LogP contribution >= 0.6 is 0 Å². The van der Waals surface area contributed by atoms with Crippen molar-refractivity contribution in [3.8, 4) is 11.4 Å². The van der Waals surface area contributed by atoms with E-state index in [4.69, 9.17) is 9.72 Å². The van der Waals surface area contributed by atoms with Crippen LogP contribution in [0.1, 0.15) is 31.4 Å². The maximum atomic E-state index is 13.7. The minimum atomic E-state index is -2.62. The molecular formula is C25H28F2N4O2. The van der Waals surface area contributed by atoms with Crippen LogP contribution in [0.3, 0.4) is 0 Å². The number of piperazine rings is 1. The van der Waals surface area contributed by atoms with E-state index in [2.05, 4.69) is 9.88 Å². The van der Waals surface area contributed by atoms with Gasteiger partial charge in [0.15, 0.2) is 5.82 Å². The van der Waals surface area contributed by atoms with E-state index in [1.807, 2.05) is 39.0 Å². The minimum Gasteiger partial charge on any atom is -0.449 e. The first-order valence-electron chi connectivity index (χ1n) is 11.2. The van der Waals surface area contributed by atoms with E-state index in [0.29, 0.717) is 49.7 Å². The van der Waals surface area contributed by atoms with Gasteiger partial charge in [-0.2, -0.15) is 0 Å². The lowest BCUT2D eigenvalue weighted by atomic mass is 10.1. The summed E-state index contributed by atoms with van der Waals surface area (Å²) in [6.07, 6.45) is -2.93. The average Bonchev–Trinajstić information content (AvgIpc) is 2.81. The van der Waals surface area contributed by atoms with Gasteiger partial charge in [-0.15, -0.1) is 0 Å². The van der Waals surface area contributed by atoms with Gasteiger partial charge in [0.1, 0.15) is 5.82 Å². The fraction of sp³-hybridized carbons (Fsp3) is 0.400. The van der Waals surface area contributed by atoms with E-state index in [0.717, 1.165) is 10.9 Å². The topological polar surface area (TPSA) is 58.6 Å². The summed E-state index contributed by atoms with van der Waals surface area (Å²) in [5.74, 6) is 1.24. The molecule has 0 unspecified atom stereocenters. The van der Waals surface area contributed by atoms with Gasteiger partial charge in [0.25, 0.3) is 6.43 Å². The number of carbonyl (C=O) groups excluding carboxylic acids is 1. The molecule has 1 aliphatic rings. The zero-order valence-corrected chi connectivity index (χ0v) is 19.1. The molecule has 2 heterocycles. The molecule has 1 saturated heterocycles. The highest BCUT2D eigenvalue weighted by molar-refractivity contribution is 5.92. The summed E-state index contributed by atoms with van der Waals surface area (Å²) >= 11 is 0. The zero-order valence-electron chi connectivity index (χ0n) is 19.1. The summed E-state index contributed by atoms with van der Waals surface area (Å²) < 4.78 is 32.7. The summed E-state index contributed by atoms with van der Waals surface area (Å²) in [7, 11) is 0. The van der Waals surface area contributed by atoms with Crippen molar-refractivity contribution >= 4 is 22.8 Å². The first kappa shape index (κ1) is 22.9. The fourth-order valence-corrected chi connectivity index (χ4v) is 3.91. The highest BCUT2D eigenvalue weighted by Gasteiger charge is 2.26. The van der Waals surface area contributed by atoms with Gasteiger partial charge in [-0.3, -0.25) is 0 Å². The summed E-state index contributed by atoms with van der Waals surface area (Å²) in [5.41, 5.74) is 1.97. The summed E-state index contributed by atoms with van der Waals surface area (Å²) in [5, 5.41) is 0.856. The number of aromatic nitrogens is 2. The Morgan fingerprint density at radius 3 is 2.48 bits per heavy atom. The van der Waals surface area contributed by atoms with Crippen molar-refractivity contribution in [1.82, 2.24) is 14.9 Å². The molecule has 174 valence electrons.